The number of rotatable bonds is 4. The molecule has 0 spiro atoms. The van der Waals surface area contributed by atoms with Gasteiger partial charge in [-0.3, -0.25) is 0 Å². The molecule has 2 heterocycles. The molecule has 4 nitrogen and oxygen atoms in total. The highest BCUT2D eigenvalue weighted by Gasteiger charge is 2.16. The van der Waals surface area contributed by atoms with Crippen molar-refractivity contribution in [2.75, 3.05) is 16.8 Å². The summed E-state index contributed by atoms with van der Waals surface area (Å²) >= 11 is 0. The Kier molecular flexibility index (Phi) is 4.71. The number of nitriles is 1. The van der Waals surface area contributed by atoms with Gasteiger partial charge in [-0.05, 0) is 47.4 Å². The summed E-state index contributed by atoms with van der Waals surface area (Å²) in [6, 6.07) is 18.8. The maximum atomic E-state index is 13.2. The molecule has 0 unspecified atom stereocenters. The van der Waals surface area contributed by atoms with E-state index < -0.39 is 5.82 Å². The zero-order valence-corrected chi connectivity index (χ0v) is 14.8. The molecule has 1 aliphatic heterocycles. The minimum atomic E-state index is -0.411. The van der Waals surface area contributed by atoms with Crippen LogP contribution >= 0.6 is 0 Å². The Hall–Kier alpha value is -3.39. The third-order valence-corrected chi connectivity index (χ3v) is 4.85. The lowest BCUT2D eigenvalue weighted by atomic mass is 10.00. The van der Waals surface area contributed by atoms with Crippen LogP contribution in [0, 0.1) is 17.1 Å². The zero-order valence-electron chi connectivity index (χ0n) is 14.8. The van der Waals surface area contributed by atoms with E-state index in [1.807, 2.05) is 24.4 Å². The van der Waals surface area contributed by atoms with Crippen molar-refractivity contribution in [1.29, 1.82) is 5.26 Å². The highest BCUT2D eigenvalue weighted by molar-refractivity contribution is 5.57. The Bertz CT molecular complexity index is 992. The van der Waals surface area contributed by atoms with Crippen molar-refractivity contribution < 1.29 is 4.39 Å². The summed E-state index contributed by atoms with van der Waals surface area (Å²) in [5.74, 6) is 0.555. The van der Waals surface area contributed by atoms with Gasteiger partial charge in [-0.1, -0.05) is 30.3 Å². The van der Waals surface area contributed by atoms with E-state index in [1.54, 1.807) is 6.07 Å². The maximum Gasteiger partial charge on any atom is 0.128 e. The summed E-state index contributed by atoms with van der Waals surface area (Å²) in [5.41, 5.74) is 4.70. The SMILES string of the molecule is N#Cc1cc(F)ccc1NCc1ccc(N2CCc3ccccc3C2)nc1. The van der Waals surface area contributed by atoms with Gasteiger partial charge in [0.15, 0.2) is 0 Å². The van der Waals surface area contributed by atoms with Crippen LogP contribution in [0.2, 0.25) is 0 Å². The molecule has 0 bridgehead atoms. The molecular formula is C22H19FN4. The molecule has 5 heteroatoms. The Balaban J connectivity index is 1.42. The molecule has 134 valence electrons. The lowest BCUT2D eigenvalue weighted by Crippen LogP contribution is -2.30. The summed E-state index contributed by atoms with van der Waals surface area (Å²) in [6.07, 6.45) is 2.88. The number of benzene rings is 2. The van der Waals surface area contributed by atoms with Crippen LogP contribution in [0.15, 0.2) is 60.8 Å². The van der Waals surface area contributed by atoms with Gasteiger partial charge in [0.2, 0.25) is 0 Å². The van der Waals surface area contributed by atoms with Gasteiger partial charge in [0.05, 0.1) is 11.3 Å². The highest BCUT2D eigenvalue weighted by Crippen LogP contribution is 2.23. The van der Waals surface area contributed by atoms with Crippen molar-refractivity contribution in [2.24, 2.45) is 0 Å². The molecule has 2 aromatic carbocycles. The van der Waals surface area contributed by atoms with E-state index >= 15 is 0 Å². The molecular weight excluding hydrogens is 339 g/mol. The predicted molar refractivity (Wildman–Crippen MR) is 104 cm³/mol. The number of halogens is 1. The summed E-state index contributed by atoms with van der Waals surface area (Å²) in [5, 5.41) is 12.3. The first-order valence-electron chi connectivity index (χ1n) is 8.93. The number of fused-ring (bicyclic) bond motifs is 1. The van der Waals surface area contributed by atoms with Crippen LogP contribution in [0.25, 0.3) is 0 Å². The number of pyridine rings is 1. The zero-order chi connectivity index (χ0) is 18.6. The fraction of sp³-hybridized carbons (Fsp3) is 0.182. The second kappa shape index (κ2) is 7.46. The van der Waals surface area contributed by atoms with Crippen molar-refractivity contribution in [3.63, 3.8) is 0 Å². The quantitative estimate of drug-likeness (QED) is 0.757. The number of hydrogen-bond acceptors (Lipinski definition) is 4. The molecule has 1 N–H and O–H groups in total. The molecule has 0 saturated carbocycles. The van der Waals surface area contributed by atoms with E-state index in [-0.39, 0.29) is 0 Å². The Morgan fingerprint density at radius 2 is 1.96 bits per heavy atom. The normalized spacial score (nSPS) is 13.0. The van der Waals surface area contributed by atoms with Crippen molar-refractivity contribution >= 4 is 11.5 Å². The molecule has 1 aromatic heterocycles. The predicted octanol–water partition coefficient (Wildman–Crippen LogP) is 4.27. The molecule has 0 aliphatic carbocycles. The smallest absolute Gasteiger partial charge is 0.128 e. The van der Waals surface area contributed by atoms with Crippen LogP contribution in [0.3, 0.4) is 0 Å². The van der Waals surface area contributed by atoms with Crippen LogP contribution in [0.4, 0.5) is 15.9 Å². The number of nitrogens with one attached hydrogen (secondary N) is 1. The van der Waals surface area contributed by atoms with Crippen molar-refractivity contribution in [3.8, 4) is 6.07 Å². The van der Waals surface area contributed by atoms with Gasteiger partial charge in [0.25, 0.3) is 0 Å². The first-order valence-corrected chi connectivity index (χ1v) is 8.93. The Morgan fingerprint density at radius 3 is 2.74 bits per heavy atom. The minimum absolute atomic E-state index is 0.298. The van der Waals surface area contributed by atoms with E-state index in [2.05, 4.69) is 39.5 Å². The van der Waals surface area contributed by atoms with Gasteiger partial charge >= 0.3 is 0 Å². The van der Waals surface area contributed by atoms with Crippen molar-refractivity contribution in [2.45, 2.75) is 19.5 Å². The van der Waals surface area contributed by atoms with Crippen LogP contribution < -0.4 is 10.2 Å². The molecule has 1 aliphatic rings. The van der Waals surface area contributed by atoms with Gasteiger partial charge in [0, 0.05) is 25.8 Å². The summed E-state index contributed by atoms with van der Waals surface area (Å²) in [6.45, 7) is 2.36. The van der Waals surface area contributed by atoms with Gasteiger partial charge in [-0.25, -0.2) is 9.37 Å². The fourth-order valence-corrected chi connectivity index (χ4v) is 3.36. The maximum absolute atomic E-state index is 13.2. The molecule has 0 fully saturated rings. The van der Waals surface area contributed by atoms with E-state index in [0.717, 1.165) is 30.9 Å². The fourth-order valence-electron chi connectivity index (χ4n) is 3.36. The van der Waals surface area contributed by atoms with Crippen LogP contribution in [-0.4, -0.2) is 11.5 Å². The monoisotopic (exact) mass is 358 g/mol. The summed E-state index contributed by atoms with van der Waals surface area (Å²) < 4.78 is 13.2. The number of nitrogens with zero attached hydrogens (tertiary/aromatic N) is 3. The van der Waals surface area contributed by atoms with Crippen molar-refractivity contribution in [1.82, 2.24) is 4.98 Å². The second-order valence-corrected chi connectivity index (χ2v) is 6.62. The van der Waals surface area contributed by atoms with Crippen molar-refractivity contribution in [3.05, 3.63) is 88.9 Å². The Labute approximate surface area is 157 Å². The Morgan fingerprint density at radius 1 is 1.11 bits per heavy atom. The topological polar surface area (TPSA) is 52.0 Å². The molecule has 3 aromatic rings. The van der Waals surface area contributed by atoms with E-state index in [9.17, 15) is 4.39 Å². The van der Waals surface area contributed by atoms with E-state index in [1.165, 1.54) is 23.3 Å². The molecule has 0 radical (unpaired) electrons. The molecule has 0 amide bonds. The average Bonchev–Trinajstić information content (AvgIpc) is 2.73. The number of anilines is 2. The molecule has 27 heavy (non-hydrogen) atoms. The second-order valence-electron chi connectivity index (χ2n) is 6.62. The van der Waals surface area contributed by atoms with Gasteiger partial charge < -0.3 is 10.2 Å². The largest absolute Gasteiger partial charge is 0.380 e. The van der Waals surface area contributed by atoms with Crippen LogP contribution in [-0.2, 0) is 19.5 Å². The van der Waals surface area contributed by atoms with Gasteiger partial charge in [-0.15, -0.1) is 0 Å². The van der Waals surface area contributed by atoms with E-state index in [4.69, 9.17) is 5.26 Å². The number of aromatic nitrogens is 1. The average molecular weight is 358 g/mol. The molecule has 0 atom stereocenters. The van der Waals surface area contributed by atoms with E-state index in [0.29, 0.717) is 17.8 Å². The highest BCUT2D eigenvalue weighted by atomic mass is 19.1. The number of hydrogen-bond donors (Lipinski definition) is 1. The first-order chi connectivity index (χ1) is 13.2. The lowest BCUT2D eigenvalue weighted by molar-refractivity contribution is 0.627. The third kappa shape index (κ3) is 3.75. The van der Waals surface area contributed by atoms with Crippen LogP contribution in [0.1, 0.15) is 22.3 Å². The summed E-state index contributed by atoms with van der Waals surface area (Å²) in [7, 11) is 0. The summed E-state index contributed by atoms with van der Waals surface area (Å²) in [4.78, 5) is 6.89. The minimum Gasteiger partial charge on any atom is -0.380 e. The molecule has 0 saturated heterocycles. The van der Waals surface area contributed by atoms with Crippen LogP contribution in [0.5, 0.6) is 0 Å². The lowest BCUT2D eigenvalue weighted by Gasteiger charge is -2.29. The third-order valence-electron chi connectivity index (χ3n) is 4.85. The molecule has 4 rings (SSSR count). The van der Waals surface area contributed by atoms with Gasteiger partial charge in [-0.2, -0.15) is 5.26 Å². The standard InChI is InChI=1S/C22H19FN4/c23-20-6-7-21(19(11-20)12-24)25-13-16-5-8-22(26-14-16)27-10-9-17-3-1-2-4-18(17)15-27/h1-8,11,14,25H,9-10,13,15H2. The first kappa shape index (κ1) is 17.0. The van der Waals surface area contributed by atoms with Gasteiger partial charge in [0.1, 0.15) is 17.7 Å².